The third-order valence-corrected chi connectivity index (χ3v) is 6.41. The molecule has 0 N–H and O–H groups in total. The van der Waals surface area contributed by atoms with E-state index in [4.69, 9.17) is 9.47 Å². The molecule has 4 unspecified atom stereocenters. The predicted molar refractivity (Wildman–Crippen MR) is 84.9 cm³/mol. The van der Waals surface area contributed by atoms with Gasteiger partial charge in [-0.05, 0) is 67.2 Å². The van der Waals surface area contributed by atoms with Crippen LogP contribution in [0, 0.1) is 24.7 Å². The number of halogens is 1. The fourth-order valence-corrected chi connectivity index (χ4v) is 5.32. The Hall–Kier alpha value is -0.700. The maximum absolute atomic E-state index is 5.46. The van der Waals surface area contributed by atoms with Gasteiger partial charge in [0.1, 0.15) is 0 Å². The second kappa shape index (κ2) is 5.59. The minimum atomic E-state index is 0.442. The molecule has 0 amide bonds. The first kappa shape index (κ1) is 14.2. The van der Waals surface area contributed by atoms with E-state index < -0.39 is 0 Å². The van der Waals surface area contributed by atoms with Gasteiger partial charge in [-0.2, -0.15) is 0 Å². The second-order valence-electron chi connectivity index (χ2n) is 6.30. The van der Waals surface area contributed by atoms with Crippen LogP contribution in [-0.4, -0.2) is 14.2 Å². The van der Waals surface area contributed by atoms with Crippen molar-refractivity contribution in [1.29, 1.82) is 0 Å². The van der Waals surface area contributed by atoms with Gasteiger partial charge in [-0.15, -0.1) is 0 Å². The molecule has 1 aromatic carbocycles. The van der Waals surface area contributed by atoms with E-state index in [0.717, 1.165) is 29.3 Å². The molecule has 0 heterocycles. The molecule has 0 radical (unpaired) electrons. The summed E-state index contributed by atoms with van der Waals surface area (Å²) < 4.78 is 10.8. The highest BCUT2D eigenvalue weighted by atomic mass is 79.9. The lowest BCUT2D eigenvalue weighted by Gasteiger charge is -2.28. The summed E-state index contributed by atoms with van der Waals surface area (Å²) in [4.78, 5) is 0.442. The molecule has 2 bridgehead atoms. The normalized spacial score (nSPS) is 29.5. The number of ether oxygens (including phenoxy) is 2. The van der Waals surface area contributed by atoms with Crippen molar-refractivity contribution in [2.75, 3.05) is 14.2 Å². The van der Waals surface area contributed by atoms with Gasteiger partial charge in [-0.1, -0.05) is 22.4 Å². The quantitative estimate of drug-likeness (QED) is 0.728. The zero-order chi connectivity index (χ0) is 14.3. The molecule has 0 aliphatic heterocycles. The zero-order valence-electron chi connectivity index (χ0n) is 12.5. The molecular weight excluding hydrogens is 316 g/mol. The third kappa shape index (κ3) is 2.34. The van der Waals surface area contributed by atoms with E-state index in [1.54, 1.807) is 14.2 Å². The number of aryl methyl sites for hydroxylation is 1. The summed E-state index contributed by atoms with van der Waals surface area (Å²) in [5.74, 6) is 4.33. The Kier molecular flexibility index (Phi) is 3.98. The van der Waals surface area contributed by atoms with Crippen molar-refractivity contribution in [3.8, 4) is 11.5 Å². The number of rotatable bonds is 4. The smallest absolute Gasteiger partial charge is 0.161 e. The Bertz CT molecular complexity index is 500. The van der Waals surface area contributed by atoms with Gasteiger partial charge in [0.15, 0.2) is 11.5 Å². The lowest BCUT2D eigenvalue weighted by molar-refractivity contribution is 0.327. The minimum Gasteiger partial charge on any atom is -0.493 e. The van der Waals surface area contributed by atoms with Gasteiger partial charge in [0, 0.05) is 4.83 Å². The second-order valence-corrected chi connectivity index (χ2v) is 7.29. The van der Waals surface area contributed by atoms with Gasteiger partial charge in [0.2, 0.25) is 0 Å². The Labute approximate surface area is 130 Å². The summed E-state index contributed by atoms with van der Waals surface area (Å²) in [5, 5.41) is 0. The van der Waals surface area contributed by atoms with E-state index in [-0.39, 0.29) is 0 Å². The van der Waals surface area contributed by atoms with Crippen LogP contribution in [-0.2, 0) is 0 Å². The van der Waals surface area contributed by atoms with Crippen LogP contribution in [0.1, 0.15) is 41.6 Å². The first-order valence-corrected chi connectivity index (χ1v) is 8.42. The van der Waals surface area contributed by atoms with Crippen LogP contribution in [0.5, 0.6) is 11.5 Å². The van der Waals surface area contributed by atoms with Crippen molar-refractivity contribution in [3.63, 3.8) is 0 Å². The Balaban J connectivity index is 1.89. The average molecular weight is 339 g/mol. The molecule has 20 heavy (non-hydrogen) atoms. The molecule has 1 aromatic rings. The Morgan fingerprint density at radius 2 is 1.80 bits per heavy atom. The number of alkyl halides is 1. The van der Waals surface area contributed by atoms with E-state index in [1.807, 2.05) is 0 Å². The summed E-state index contributed by atoms with van der Waals surface area (Å²) in [6.07, 6.45) is 5.70. The summed E-state index contributed by atoms with van der Waals surface area (Å²) in [6, 6.07) is 4.25. The van der Waals surface area contributed by atoms with Crippen molar-refractivity contribution in [3.05, 3.63) is 23.3 Å². The number of hydrogen-bond acceptors (Lipinski definition) is 2. The van der Waals surface area contributed by atoms with E-state index in [9.17, 15) is 0 Å². The van der Waals surface area contributed by atoms with E-state index >= 15 is 0 Å². The standard InChI is InChI=1S/C17H23BrO2/c1-10-6-15(19-2)16(20-3)9-13(10)17(18)14-8-11-4-5-12(14)7-11/h6,9,11-12,14,17H,4-5,7-8H2,1-3H3. The van der Waals surface area contributed by atoms with Crippen molar-refractivity contribution < 1.29 is 9.47 Å². The lowest BCUT2D eigenvalue weighted by Crippen LogP contribution is -2.16. The first-order chi connectivity index (χ1) is 9.63. The molecule has 2 nitrogen and oxygen atoms in total. The van der Waals surface area contributed by atoms with Crippen molar-refractivity contribution in [1.82, 2.24) is 0 Å². The number of fused-ring (bicyclic) bond motifs is 2. The van der Waals surface area contributed by atoms with Gasteiger partial charge in [0.25, 0.3) is 0 Å². The first-order valence-electron chi connectivity index (χ1n) is 7.50. The third-order valence-electron chi connectivity index (χ3n) is 5.24. The topological polar surface area (TPSA) is 18.5 Å². The largest absolute Gasteiger partial charge is 0.493 e. The highest BCUT2D eigenvalue weighted by molar-refractivity contribution is 9.09. The van der Waals surface area contributed by atoms with Crippen molar-refractivity contribution in [2.45, 2.75) is 37.4 Å². The average Bonchev–Trinajstić information content (AvgIpc) is 3.08. The van der Waals surface area contributed by atoms with Crippen LogP contribution in [0.25, 0.3) is 0 Å². The zero-order valence-corrected chi connectivity index (χ0v) is 14.1. The van der Waals surface area contributed by atoms with Gasteiger partial charge in [-0.25, -0.2) is 0 Å². The van der Waals surface area contributed by atoms with E-state index in [1.165, 1.54) is 36.8 Å². The number of hydrogen-bond donors (Lipinski definition) is 0. The fourth-order valence-electron chi connectivity index (χ4n) is 4.18. The van der Waals surface area contributed by atoms with Crippen LogP contribution in [0.15, 0.2) is 12.1 Å². The molecule has 2 aliphatic carbocycles. The molecule has 2 fully saturated rings. The molecule has 2 aliphatic rings. The predicted octanol–water partition coefficient (Wildman–Crippen LogP) is 4.88. The molecule has 4 atom stereocenters. The maximum Gasteiger partial charge on any atom is 0.161 e. The van der Waals surface area contributed by atoms with Crippen molar-refractivity contribution in [2.24, 2.45) is 17.8 Å². The molecule has 3 heteroatoms. The fraction of sp³-hybridized carbons (Fsp3) is 0.647. The van der Waals surface area contributed by atoms with Crippen LogP contribution < -0.4 is 9.47 Å². The lowest BCUT2D eigenvalue weighted by atomic mass is 9.83. The van der Waals surface area contributed by atoms with Crippen LogP contribution >= 0.6 is 15.9 Å². The summed E-state index contributed by atoms with van der Waals surface area (Å²) in [7, 11) is 3.40. The molecule has 0 saturated heterocycles. The summed E-state index contributed by atoms with van der Waals surface area (Å²) in [5.41, 5.74) is 2.65. The maximum atomic E-state index is 5.46. The Morgan fingerprint density at radius 3 is 2.35 bits per heavy atom. The van der Waals surface area contributed by atoms with E-state index in [2.05, 4.69) is 35.0 Å². The highest BCUT2D eigenvalue weighted by Gasteiger charge is 2.43. The Morgan fingerprint density at radius 1 is 1.10 bits per heavy atom. The van der Waals surface area contributed by atoms with Gasteiger partial charge in [0.05, 0.1) is 14.2 Å². The van der Waals surface area contributed by atoms with Gasteiger partial charge in [-0.3, -0.25) is 0 Å². The SMILES string of the molecule is COc1cc(C)c(C(Br)C2CC3CCC2C3)cc1OC. The number of benzene rings is 1. The molecule has 0 spiro atoms. The molecular formula is C17H23BrO2. The van der Waals surface area contributed by atoms with Crippen LogP contribution in [0.3, 0.4) is 0 Å². The van der Waals surface area contributed by atoms with E-state index in [0.29, 0.717) is 4.83 Å². The van der Waals surface area contributed by atoms with Crippen LogP contribution in [0.2, 0.25) is 0 Å². The monoisotopic (exact) mass is 338 g/mol. The van der Waals surface area contributed by atoms with Gasteiger partial charge >= 0.3 is 0 Å². The minimum absolute atomic E-state index is 0.442. The number of methoxy groups -OCH3 is 2. The van der Waals surface area contributed by atoms with Crippen molar-refractivity contribution >= 4 is 15.9 Å². The van der Waals surface area contributed by atoms with Crippen LogP contribution in [0.4, 0.5) is 0 Å². The molecule has 110 valence electrons. The van der Waals surface area contributed by atoms with Gasteiger partial charge < -0.3 is 9.47 Å². The summed E-state index contributed by atoms with van der Waals surface area (Å²) in [6.45, 7) is 2.17. The summed E-state index contributed by atoms with van der Waals surface area (Å²) >= 11 is 3.98. The highest BCUT2D eigenvalue weighted by Crippen LogP contribution is 2.55. The molecule has 2 saturated carbocycles. The molecule has 3 rings (SSSR count). The molecule has 0 aromatic heterocycles.